The molecule has 1 aromatic heterocycles. The average Bonchev–Trinajstić information content (AvgIpc) is 3.22. The van der Waals surface area contributed by atoms with Crippen molar-refractivity contribution in [3.63, 3.8) is 0 Å². The van der Waals surface area contributed by atoms with Gasteiger partial charge in [-0.05, 0) is 41.8 Å². The summed E-state index contributed by atoms with van der Waals surface area (Å²) in [6.45, 7) is 1.57. The van der Waals surface area contributed by atoms with Crippen LogP contribution >= 0.6 is 0 Å². The van der Waals surface area contributed by atoms with Crippen molar-refractivity contribution in [2.75, 3.05) is 11.9 Å². The van der Waals surface area contributed by atoms with Crippen LogP contribution in [0, 0.1) is 17.5 Å². The van der Waals surface area contributed by atoms with Crippen LogP contribution in [0.1, 0.15) is 36.9 Å². The minimum atomic E-state index is -0.883. The summed E-state index contributed by atoms with van der Waals surface area (Å²) in [7, 11) is 0. The summed E-state index contributed by atoms with van der Waals surface area (Å²) in [5.74, 6) is -2.83. The Morgan fingerprint density at radius 3 is 2.35 bits per heavy atom. The van der Waals surface area contributed by atoms with Crippen LogP contribution in [0.4, 0.5) is 19.0 Å². The Hall–Kier alpha value is -3.66. The van der Waals surface area contributed by atoms with Gasteiger partial charge >= 0.3 is 0 Å². The minimum absolute atomic E-state index is 0.153. The van der Waals surface area contributed by atoms with Gasteiger partial charge in [-0.25, -0.2) is 18.2 Å². The Kier molecular flexibility index (Phi) is 8.42. The molecule has 0 saturated carbocycles. The fraction of sp³-hybridized carbons (Fsp3) is 0.292. The maximum atomic E-state index is 13.4. The van der Waals surface area contributed by atoms with E-state index in [0.717, 1.165) is 12.1 Å². The normalized spacial score (nSPS) is 12.7. The third-order valence-corrected chi connectivity index (χ3v) is 5.16. The Bertz CT molecular complexity index is 1110. The molecule has 34 heavy (non-hydrogen) atoms. The number of nitrogens with zero attached hydrogens (tertiary/aromatic N) is 2. The number of benzene rings is 2. The number of hydrogen-bond acceptors (Lipinski definition) is 4. The van der Waals surface area contributed by atoms with Crippen LogP contribution in [0.25, 0.3) is 0 Å². The molecule has 3 aromatic rings. The SMILES string of the molecule is CCC[C@H](NC(=O)Cc1cc(F)cc(F)c1)C(=O)Nc1cn(C(CO)c2ccc(F)cc2)cn1. The van der Waals surface area contributed by atoms with E-state index in [-0.39, 0.29) is 24.4 Å². The highest BCUT2D eigenvalue weighted by Crippen LogP contribution is 2.20. The molecule has 180 valence electrons. The van der Waals surface area contributed by atoms with Crippen molar-refractivity contribution < 1.29 is 27.9 Å². The molecule has 2 aromatic carbocycles. The van der Waals surface area contributed by atoms with Crippen LogP contribution in [-0.2, 0) is 16.0 Å². The Morgan fingerprint density at radius 2 is 1.74 bits per heavy atom. The molecular formula is C24H25F3N4O3. The number of hydrogen-bond donors (Lipinski definition) is 3. The molecule has 0 radical (unpaired) electrons. The van der Waals surface area contributed by atoms with Gasteiger partial charge in [0, 0.05) is 12.3 Å². The second-order valence-corrected chi connectivity index (χ2v) is 7.81. The van der Waals surface area contributed by atoms with E-state index in [1.165, 1.54) is 24.7 Å². The molecule has 1 heterocycles. The van der Waals surface area contributed by atoms with Crippen LogP contribution in [-0.4, -0.2) is 39.1 Å². The topological polar surface area (TPSA) is 96.2 Å². The van der Waals surface area contributed by atoms with Gasteiger partial charge in [0.05, 0.1) is 25.4 Å². The van der Waals surface area contributed by atoms with Gasteiger partial charge in [-0.15, -0.1) is 0 Å². The third-order valence-electron chi connectivity index (χ3n) is 5.16. The highest BCUT2D eigenvalue weighted by Gasteiger charge is 2.22. The summed E-state index contributed by atoms with van der Waals surface area (Å²) in [5.41, 5.74) is 0.810. The number of aliphatic hydroxyl groups is 1. The molecule has 2 amide bonds. The number of carbonyl (C=O) groups excluding carboxylic acids is 2. The minimum Gasteiger partial charge on any atom is -0.394 e. The van der Waals surface area contributed by atoms with Gasteiger partial charge in [-0.3, -0.25) is 9.59 Å². The maximum absolute atomic E-state index is 13.4. The number of aromatic nitrogens is 2. The highest BCUT2D eigenvalue weighted by atomic mass is 19.1. The van der Waals surface area contributed by atoms with Crippen molar-refractivity contribution in [2.45, 2.75) is 38.3 Å². The number of imidazole rings is 1. The number of anilines is 1. The molecule has 1 unspecified atom stereocenters. The predicted molar refractivity (Wildman–Crippen MR) is 119 cm³/mol. The van der Waals surface area contributed by atoms with Crippen molar-refractivity contribution in [2.24, 2.45) is 0 Å². The van der Waals surface area contributed by atoms with Crippen LogP contribution in [0.5, 0.6) is 0 Å². The fourth-order valence-corrected chi connectivity index (χ4v) is 3.54. The Morgan fingerprint density at radius 1 is 1.06 bits per heavy atom. The summed E-state index contributed by atoms with van der Waals surface area (Å²) in [6, 6.07) is 7.08. The zero-order valence-corrected chi connectivity index (χ0v) is 18.5. The smallest absolute Gasteiger partial charge is 0.248 e. The Balaban J connectivity index is 1.65. The summed E-state index contributed by atoms with van der Waals surface area (Å²) in [5, 5.41) is 15.0. The molecular weight excluding hydrogens is 449 g/mol. The molecule has 0 fully saturated rings. The summed E-state index contributed by atoms with van der Waals surface area (Å²) >= 11 is 0. The molecule has 0 aliphatic heterocycles. The van der Waals surface area contributed by atoms with Crippen LogP contribution in [0.15, 0.2) is 55.0 Å². The lowest BCUT2D eigenvalue weighted by Gasteiger charge is -2.18. The molecule has 0 spiro atoms. The molecule has 10 heteroatoms. The summed E-state index contributed by atoms with van der Waals surface area (Å²) in [6.07, 6.45) is 3.59. The lowest BCUT2D eigenvalue weighted by Crippen LogP contribution is -2.44. The van der Waals surface area contributed by atoms with Gasteiger partial charge in [0.1, 0.15) is 23.5 Å². The van der Waals surface area contributed by atoms with Gasteiger partial charge in [-0.1, -0.05) is 25.5 Å². The van der Waals surface area contributed by atoms with E-state index < -0.39 is 41.3 Å². The number of amides is 2. The molecule has 0 aliphatic carbocycles. The summed E-state index contributed by atoms with van der Waals surface area (Å²) in [4.78, 5) is 29.3. The zero-order valence-electron chi connectivity index (χ0n) is 18.5. The van der Waals surface area contributed by atoms with Gasteiger partial charge in [0.2, 0.25) is 11.8 Å². The molecule has 0 aliphatic rings. The van der Waals surface area contributed by atoms with Crippen molar-refractivity contribution in [1.82, 2.24) is 14.9 Å². The predicted octanol–water partition coefficient (Wildman–Crippen LogP) is 3.35. The van der Waals surface area contributed by atoms with Crippen molar-refractivity contribution >= 4 is 17.6 Å². The first kappa shape index (κ1) is 25.0. The number of nitrogens with one attached hydrogen (secondary N) is 2. The average molecular weight is 474 g/mol. The molecule has 7 nitrogen and oxygen atoms in total. The number of carbonyl (C=O) groups is 2. The van der Waals surface area contributed by atoms with Gasteiger partial charge in [-0.2, -0.15) is 0 Å². The Labute approximate surface area is 194 Å². The van der Waals surface area contributed by atoms with Gasteiger partial charge in [0.25, 0.3) is 0 Å². The van der Waals surface area contributed by atoms with E-state index in [2.05, 4.69) is 15.6 Å². The molecule has 0 bridgehead atoms. The first-order valence-electron chi connectivity index (χ1n) is 10.7. The van der Waals surface area contributed by atoms with E-state index in [1.807, 2.05) is 6.92 Å². The quantitative estimate of drug-likeness (QED) is 0.420. The van der Waals surface area contributed by atoms with Crippen molar-refractivity contribution in [3.05, 3.63) is 83.6 Å². The first-order chi connectivity index (χ1) is 16.3. The zero-order chi connectivity index (χ0) is 24.7. The second-order valence-electron chi connectivity index (χ2n) is 7.81. The van der Waals surface area contributed by atoms with E-state index in [9.17, 15) is 27.9 Å². The van der Waals surface area contributed by atoms with Crippen LogP contribution in [0.3, 0.4) is 0 Å². The monoisotopic (exact) mass is 474 g/mol. The second kappa shape index (κ2) is 11.5. The molecule has 3 N–H and O–H groups in total. The highest BCUT2D eigenvalue weighted by molar-refractivity contribution is 5.96. The lowest BCUT2D eigenvalue weighted by molar-refractivity contribution is -0.126. The molecule has 2 atom stereocenters. The van der Waals surface area contributed by atoms with E-state index in [1.54, 1.807) is 16.7 Å². The van der Waals surface area contributed by atoms with Crippen LogP contribution in [0.2, 0.25) is 0 Å². The van der Waals surface area contributed by atoms with Gasteiger partial charge in [0.15, 0.2) is 5.82 Å². The lowest BCUT2D eigenvalue weighted by atomic mass is 10.1. The van der Waals surface area contributed by atoms with Crippen molar-refractivity contribution in [3.8, 4) is 0 Å². The third kappa shape index (κ3) is 6.67. The van der Waals surface area contributed by atoms with E-state index in [4.69, 9.17) is 0 Å². The first-order valence-corrected chi connectivity index (χ1v) is 10.7. The molecule has 3 rings (SSSR count). The van der Waals surface area contributed by atoms with Crippen LogP contribution < -0.4 is 10.6 Å². The maximum Gasteiger partial charge on any atom is 0.248 e. The standard InChI is InChI=1S/C24H25F3N4O3/c1-2-3-20(29-23(33)10-15-8-18(26)11-19(27)9-15)24(34)30-22-12-31(14-28-22)21(13-32)16-4-6-17(25)7-5-16/h4-9,11-12,14,20-21,32H,2-3,10,13H2,1H3,(H,29,33)(H,30,34)/t20-,21?/m0/s1. The van der Waals surface area contributed by atoms with Gasteiger partial charge < -0.3 is 20.3 Å². The number of halogens is 3. The van der Waals surface area contributed by atoms with E-state index in [0.29, 0.717) is 24.5 Å². The number of rotatable bonds is 10. The summed E-state index contributed by atoms with van der Waals surface area (Å²) < 4.78 is 41.5. The molecule has 0 saturated heterocycles. The largest absolute Gasteiger partial charge is 0.394 e. The van der Waals surface area contributed by atoms with Crippen molar-refractivity contribution in [1.29, 1.82) is 0 Å². The van der Waals surface area contributed by atoms with E-state index >= 15 is 0 Å². The number of aliphatic hydroxyl groups excluding tert-OH is 1. The fourth-order valence-electron chi connectivity index (χ4n) is 3.54.